The quantitative estimate of drug-likeness (QED) is 0.691. The molecule has 1 rings (SSSR count). The van der Waals surface area contributed by atoms with E-state index in [0.717, 1.165) is 19.0 Å². The van der Waals surface area contributed by atoms with Crippen molar-refractivity contribution in [2.45, 2.75) is 45.6 Å². The van der Waals surface area contributed by atoms with Crippen LogP contribution in [0.4, 0.5) is 0 Å². The van der Waals surface area contributed by atoms with Gasteiger partial charge in [-0.3, -0.25) is 0 Å². The van der Waals surface area contributed by atoms with E-state index in [1.165, 1.54) is 22.6 Å². The van der Waals surface area contributed by atoms with Crippen LogP contribution < -0.4 is 5.32 Å². The molecule has 0 amide bonds. The highest BCUT2D eigenvalue weighted by Crippen LogP contribution is 2.25. The van der Waals surface area contributed by atoms with Crippen LogP contribution in [0.3, 0.4) is 0 Å². The summed E-state index contributed by atoms with van der Waals surface area (Å²) in [7, 11) is 0. The molecule has 0 fully saturated rings. The van der Waals surface area contributed by atoms with Crippen molar-refractivity contribution < 1.29 is 0 Å². The Morgan fingerprint density at radius 1 is 1.17 bits per heavy atom. The maximum absolute atomic E-state index is 3.53. The largest absolute Gasteiger partial charge is 0.312 e. The molecule has 0 aromatic heterocycles. The van der Waals surface area contributed by atoms with E-state index in [1.54, 1.807) is 0 Å². The van der Waals surface area contributed by atoms with Gasteiger partial charge in [0.1, 0.15) is 0 Å². The van der Waals surface area contributed by atoms with Gasteiger partial charge < -0.3 is 5.32 Å². The van der Waals surface area contributed by atoms with Gasteiger partial charge in [0.15, 0.2) is 0 Å². The van der Waals surface area contributed by atoms with E-state index >= 15 is 0 Å². The van der Waals surface area contributed by atoms with Crippen LogP contribution in [-0.2, 0) is 6.54 Å². The number of hydrogen-bond donors (Lipinski definition) is 1. The molecule has 0 aliphatic heterocycles. The Morgan fingerprint density at radius 3 is 2.56 bits per heavy atom. The van der Waals surface area contributed by atoms with Crippen LogP contribution in [0.25, 0.3) is 0 Å². The Bertz CT molecular complexity index is 336. The highest BCUT2D eigenvalue weighted by Gasteiger charge is 2.05. The smallest absolute Gasteiger partial charge is 0.0216 e. The topological polar surface area (TPSA) is 12.0 Å². The molecule has 0 bridgehead atoms. The Labute approximate surface area is 117 Å². The fourth-order valence-electron chi connectivity index (χ4n) is 1.64. The van der Waals surface area contributed by atoms with Crippen molar-refractivity contribution in [2.75, 3.05) is 12.3 Å². The van der Waals surface area contributed by atoms with Crippen LogP contribution in [-0.4, -0.2) is 12.3 Å². The molecular weight excluding hydrogens is 238 g/mol. The Balaban J connectivity index is 2.50. The molecule has 102 valence electrons. The maximum atomic E-state index is 3.53. The summed E-state index contributed by atoms with van der Waals surface area (Å²) in [5, 5.41) is 3.53. The molecule has 0 saturated heterocycles. The highest BCUT2D eigenvalue weighted by molar-refractivity contribution is 7.99. The second-order valence-electron chi connectivity index (χ2n) is 5.46. The SMILES string of the molecule is CCC(C)CSc1ccccc1CNCC(C)C. The minimum Gasteiger partial charge on any atom is -0.312 e. The zero-order valence-electron chi connectivity index (χ0n) is 12.2. The van der Waals surface area contributed by atoms with E-state index in [9.17, 15) is 0 Å². The minimum atomic E-state index is 0.713. The van der Waals surface area contributed by atoms with Crippen molar-refractivity contribution in [3.63, 3.8) is 0 Å². The Morgan fingerprint density at radius 2 is 1.89 bits per heavy atom. The second kappa shape index (κ2) is 8.60. The fraction of sp³-hybridized carbons (Fsp3) is 0.625. The van der Waals surface area contributed by atoms with E-state index < -0.39 is 0 Å². The summed E-state index contributed by atoms with van der Waals surface area (Å²) in [6.07, 6.45) is 1.26. The monoisotopic (exact) mass is 265 g/mol. The summed E-state index contributed by atoms with van der Waals surface area (Å²) in [6.45, 7) is 11.2. The average molecular weight is 265 g/mol. The van der Waals surface area contributed by atoms with Crippen molar-refractivity contribution in [3.8, 4) is 0 Å². The summed E-state index contributed by atoms with van der Waals surface area (Å²) >= 11 is 2.00. The zero-order valence-corrected chi connectivity index (χ0v) is 13.0. The number of rotatable bonds is 8. The number of hydrogen-bond acceptors (Lipinski definition) is 2. The summed E-state index contributed by atoms with van der Waals surface area (Å²) in [6, 6.07) is 8.77. The fourth-order valence-corrected chi connectivity index (χ4v) is 2.84. The molecule has 0 aliphatic rings. The Kier molecular flexibility index (Phi) is 7.45. The van der Waals surface area contributed by atoms with Gasteiger partial charge in [-0.15, -0.1) is 11.8 Å². The van der Waals surface area contributed by atoms with Crippen LogP contribution in [0.1, 0.15) is 39.7 Å². The Hall–Kier alpha value is -0.470. The summed E-state index contributed by atoms with van der Waals surface area (Å²) < 4.78 is 0. The van der Waals surface area contributed by atoms with Crippen molar-refractivity contribution in [2.24, 2.45) is 11.8 Å². The molecule has 0 spiro atoms. The van der Waals surface area contributed by atoms with E-state index in [4.69, 9.17) is 0 Å². The van der Waals surface area contributed by atoms with Crippen LogP contribution in [0.2, 0.25) is 0 Å². The highest BCUT2D eigenvalue weighted by atomic mass is 32.2. The molecule has 18 heavy (non-hydrogen) atoms. The van der Waals surface area contributed by atoms with Gasteiger partial charge in [0, 0.05) is 17.2 Å². The van der Waals surface area contributed by atoms with Gasteiger partial charge in [-0.1, -0.05) is 52.3 Å². The minimum absolute atomic E-state index is 0.713. The number of thioether (sulfide) groups is 1. The van der Waals surface area contributed by atoms with E-state index in [-0.39, 0.29) is 0 Å². The lowest BCUT2D eigenvalue weighted by Crippen LogP contribution is -2.19. The van der Waals surface area contributed by atoms with Gasteiger partial charge in [0.2, 0.25) is 0 Å². The van der Waals surface area contributed by atoms with Crippen molar-refractivity contribution in [3.05, 3.63) is 29.8 Å². The van der Waals surface area contributed by atoms with Crippen molar-refractivity contribution in [1.82, 2.24) is 5.32 Å². The summed E-state index contributed by atoms with van der Waals surface area (Å²) in [5.41, 5.74) is 1.44. The normalized spacial score (nSPS) is 12.9. The zero-order chi connectivity index (χ0) is 13.4. The summed E-state index contributed by atoms with van der Waals surface area (Å²) in [4.78, 5) is 1.44. The van der Waals surface area contributed by atoms with Gasteiger partial charge in [0.05, 0.1) is 0 Å². The predicted octanol–water partition coefficient (Wildman–Crippen LogP) is 4.57. The lowest BCUT2D eigenvalue weighted by molar-refractivity contribution is 0.550. The molecular formula is C16H27NS. The predicted molar refractivity (Wildman–Crippen MR) is 83.2 cm³/mol. The third kappa shape index (κ3) is 5.92. The molecule has 0 aliphatic carbocycles. The summed E-state index contributed by atoms with van der Waals surface area (Å²) in [5.74, 6) is 2.73. The lowest BCUT2D eigenvalue weighted by Gasteiger charge is -2.13. The van der Waals surface area contributed by atoms with Crippen LogP contribution in [0, 0.1) is 11.8 Å². The van der Waals surface area contributed by atoms with Crippen LogP contribution in [0.5, 0.6) is 0 Å². The van der Waals surface area contributed by atoms with Gasteiger partial charge in [-0.2, -0.15) is 0 Å². The van der Waals surface area contributed by atoms with E-state index in [2.05, 4.69) is 57.3 Å². The molecule has 0 radical (unpaired) electrons. The first-order valence-electron chi connectivity index (χ1n) is 7.04. The number of benzene rings is 1. The standard InChI is InChI=1S/C16H27NS/c1-5-14(4)12-18-16-9-7-6-8-15(16)11-17-10-13(2)3/h6-9,13-14,17H,5,10-12H2,1-4H3. The third-order valence-corrected chi connectivity index (χ3v) is 4.51. The second-order valence-corrected chi connectivity index (χ2v) is 6.52. The van der Waals surface area contributed by atoms with Gasteiger partial charge in [0.25, 0.3) is 0 Å². The van der Waals surface area contributed by atoms with Crippen molar-refractivity contribution >= 4 is 11.8 Å². The molecule has 1 atom stereocenters. The lowest BCUT2D eigenvalue weighted by atomic mass is 10.2. The van der Waals surface area contributed by atoms with E-state index in [0.29, 0.717) is 5.92 Å². The van der Waals surface area contributed by atoms with Crippen LogP contribution >= 0.6 is 11.8 Å². The van der Waals surface area contributed by atoms with Gasteiger partial charge in [-0.25, -0.2) is 0 Å². The molecule has 1 N–H and O–H groups in total. The first-order chi connectivity index (χ1) is 8.63. The molecule has 2 heteroatoms. The van der Waals surface area contributed by atoms with Crippen LogP contribution in [0.15, 0.2) is 29.2 Å². The average Bonchev–Trinajstić information content (AvgIpc) is 2.36. The molecule has 0 saturated carbocycles. The van der Waals surface area contributed by atoms with Gasteiger partial charge >= 0.3 is 0 Å². The first kappa shape index (κ1) is 15.6. The van der Waals surface area contributed by atoms with Gasteiger partial charge in [-0.05, 0) is 30.0 Å². The molecule has 1 aromatic carbocycles. The third-order valence-electron chi connectivity index (χ3n) is 3.06. The molecule has 1 aromatic rings. The van der Waals surface area contributed by atoms with Crippen molar-refractivity contribution in [1.29, 1.82) is 0 Å². The number of nitrogens with one attached hydrogen (secondary N) is 1. The first-order valence-corrected chi connectivity index (χ1v) is 8.03. The molecule has 1 unspecified atom stereocenters. The maximum Gasteiger partial charge on any atom is 0.0216 e. The molecule has 1 nitrogen and oxygen atoms in total. The molecule has 0 heterocycles. The van der Waals surface area contributed by atoms with E-state index in [1.807, 2.05) is 11.8 Å².